The molecule has 0 saturated carbocycles. The van der Waals surface area contributed by atoms with Gasteiger partial charge < -0.3 is 10.8 Å². The van der Waals surface area contributed by atoms with Gasteiger partial charge in [0.05, 0.1) is 6.10 Å². The Labute approximate surface area is 113 Å². The highest BCUT2D eigenvalue weighted by atomic mass is 79.9. The Morgan fingerprint density at radius 2 is 1.83 bits per heavy atom. The molecule has 0 radical (unpaired) electrons. The van der Waals surface area contributed by atoms with Crippen molar-refractivity contribution >= 4 is 21.6 Å². The van der Waals surface area contributed by atoms with E-state index in [9.17, 15) is 9.50 Å². The van der Waals surface area contributed by atoms with E-state index in [1.165, 1.54) is 12.1 Å². The van der Waals surface area contributed by atoms with E-state index < -0.39 is 6.10 Å². The Hall–Kier alpha value is -1.39. The monoisotopic (exact) mass is 309 g/mol. The molecule has 4 heteroatoms. The molecule has 0 saturated heterocycles. The van der Waals surface area contributed by atoms with Crippen molar-refractivity contribution in [1.82, 2.24) is 0 Å². The predicted octanol–water partition coefficient (Wildman–Crippen LogP) is 3.45. The fourth-order valence-electron chi connectivity index (χ4n) is 1.74. The van der Waals surface area contributed by atoms with Crippen molar-refractivity contribution in [3.05, 3.63) is 63.9 Å². The molecular formula is C14H13BrFNO. The topological polar surface area (TPSA) is 46.2 Å². The number of halogens is 2. The Bertz CT molecular complexity index is 542. The summed E-state index contributed by atoms with van der Waals surface area (Å²) in [6.45, 7) is 0. The summed E-state index contributed by atoms with van der Waals surface area (Å²) in [5.41, 5.74) is 7.74. The molecule has 3 N–H and O–H groups in total. The number of nitrogens with two attached hydrogens (primary N) is 1. The lowest BCUT2D eigenvalue weighted by molar-refractivity contribution is 0.178. The van der Waals surface area contributed by atoms with Gasteiger partial charge in [-0.1, -0.05) is 28.1 Å². The molecule has 0 amide bonds. The zero-order chi connectivity index (χ0) is 13.1. The average Bonchev–Trinajstić information content (AvgIpc) is 2.34. The second-order valence-electron chi connectivity index (χ2n) is 4.12. The standard InChI is InChI=1S/C14H13BrFNO/c15-13-6-3-11(16)7-10(13)8-14(18)9-1-4-12(17)5-2-9/h1-7,14,18H,8,17H2. The molecule has 0 heterocycles. The van der Waals surface area contributed by atoms with Crippen molar-refractivity contribution in [3.63, 3.8) is 0 Å². The molecule has 0 aliphatic rings. The maximum Gasteiger partial charge on any atom is 0.123 e. The summed E-state index contributed by atoms with van der Waals surface area (Å²) in [5, 5.41) is 10.1. The number of aliphatic hydroxyl groups excluding tert-OH is 1. The quantitative estimate of drug-likeness (QED) is 0.853. The van der Waals surface area contributed by atoms with Crippen LogP contribution in [0.5, 0.6) is 0 Å². The highest BCUT2D eigenvalue weighted by Crippen LogP contribution is 2.25. The van der Waals surface area contributed by atoms with E-state index in [0.717, 1.165) is 15.6 Å². The third-order valence-electron chi connectivity index (χ3n) is 2.74. The highest BCUT2D eigenvalue weighted by Gasteiger charge is 2.11. The molecule has 18 heavy (non-hydrogen) atoms. The minimum absolute atomic E-state index is 0.308. The van der Waals surface area contributed by atoms with Crippen LogP contribution in [0, 0.1) is 5.82 Å². The van der Waals surface area contributed by atoms with Crippen molar-refractivity contribution in [3.8, 4) is 0 Å². The van der Waals surface area contributed by atoms with Crippen LogP contribution in [0.4, 0.5) is 10.1 Å². The van der Waals surface area contributed by atoms with Crippen LogP contribution in [-0.4, -0.2) is 5.11 Å². The van der Waals surface area contributed by atoms with Gasteiger partial charge in [-0.05, 0) is 41.5 Å². The molecule has 2 aromatic rings. The molecule has 1 atom stereocenters. The SMILES string of the molecule is Nc1ccc(C(O)Cc2cc(F)ccc2Br)cc1. The van der Waals surface area contributed by atoms with Gasteiger partial charge >= 0.3 is 0 Å². The molecule has 2 aromatic carbocycles. The normalized spacial score (nSPS) is 12.4. The molecule has 0 aromatic heterocycles. The summed E-state index contributed by atoms with van der Waals surface area (Å²) in [5.74, 6) is -0.308. The van der Waals surface area contributed by atoms with Crippen LogP contribution in [0.3, 0.4) is 0 Å². The van der Waals surface area contributed by atoms with Gasteiger partial charge in [0.25, 0.3) is 0 Å². The van der Waals surface area contributed by atoms with Crippen LogP contribution in [0.1, 0.15) is 17.2 Å². The second kappa shape index (κ2) is 5.50. The van der Waals surface area contributed by atoms with Crippen LogP contribution >= 0.6 is 15.9 Å². The van der Waals surface area contributed by atoms with E-state index in [-0.39, 0.29) is 5.82 Å². The first-order chi connectivity index (χ1) is 8.56. The summed E-state index contributed by atoms with van der Waals surface area (Å²) >= 11 is 3.35. The molecular weight excluding hydrogens is 297 g/mol. The van der Waals surface area contributed by atoms with Gasteiger partial charge in [0.1, 0.15) is 5.82 Å². The molecule has 94 valence electrons. The lowest BCUT2D eigenvalue weighted by Crippen LogP contribution is -2.03. The zero-order valence-corrected chi connectivity index (χ0v) is 11.2. The van der Waals surface area contributed by atoms with Crippen LogP contribution < -0.4 is 5.73 Å². The van der Waals surface area contributed by atoms with Gasteiger partial charge in [0, 0.05) is 16.6 Å². The Kier molecular flexibility index (Phi) is 3.99. The number of aliphatic hydroxyl groups is 1. The maximum atomic E-state index is 13.1. The Balaban J connectivity index is 2.18. The van der Waals surface area contributed by atoms with Gasteiger partial charge in [-0.2, -0.15) is 0 Å². The maximum absolute atomic E-state index is 13.1. The second-order valence-corrected chi connectivity index (χ2v) is 4.98. The van der Waals surface area contributed by atoms with E-state index in [4.69, 9.17) is 5.73 Å². The number of nitrogen functional groups attached to an aromatic ring is 1. The lowest BCUT2D eigenvalue weighted by Gasteiger charge is -2.12. The number of hydrogen-bond acceptors (Lipinski definition) is 2. The van der Waals surface area contributed by atoms with E-state index in [1.54, 1.807) is 30.3 Å². The van der Waals surface area contributed by atoms with Gasteiger partial charge in [-0.3, -0.25) is 0 Å². The van der Waals surface area contributed by atoms with Crippen molar-refractivity contribution < 1.29 is 9.50 Å². The molecule has 0 spiro atoms. The fraction of sp³-hybridized carbons (Fsp3) is 0.143. The van der Waals surface area contributed by atoms with Crippen LogP contribution in [0.2, 0.25) is 0 Å². The molecule has 0 fully saturated rings. The smallest absolute Gasteiger partial charge is 0.123 e. The largest absolute Gasteiger partial charge is 0.399 e. The van der Waals surface area contributed by atoms with E-state index >= 15 is 0 Å². The average molecular weight is 310 g/mol. The lowest BCUT2D eigenvalue weighted by atomic mass is 10.0. The zero-order valence-electron chi connectivity index (χ0n) is 9.61. The number of anilines is 1. The fourth-order valence-corrected chi connectivity index (χ4v) is 2.15. The third kappa shape index (κ3) is 3.09. The first-order valence-electron chi connectivity index (χ1n) is 5.53. The number of hydrogen-bond donors (Lipinski definition) is 2. The number of rotatable bonds is 3. The van der Waals surface area contributed by atoms with Gasteiger partial charge in [-0.25, -0.2) is 4.39 Å². The van der Waals surface area contributed by atoms with Gasteiger partial charge in [0.15, 0.2) is 0 Å². The van der Waals surface area contributed by atoms with Crippen molar-refractivity contribution in [1.29, 1.82) is 0 Å². The van der Waals surface area contributed by atoms with Crippen LogP contribution in [0.25, 0.3) is 0 Å². The summed E-state index contributed by atoms with van der Waals surface area (Å²) in [6.07, 6.45) is -0.328. The third-order valence-corrected chi connectivity index (χ3v) is 3.52. The van der Waals surface area contributed by atoms with Crippen molar-refractivity contribution in [2.75, 3.05) is 5.73 Å². The molecule has 0 aliphatic carbocycles. The minimum Gasteiger partial charge on any atom is -0.399 e. The minimum atomic E-state index is -0.677. The van der Waals surface area contributed by atoms with Crippen molar-refractivity contribution in [2.24, 2.45) is 0 Å². The molecule has 0 aliphatic heterocycles. The first kappa shape index (κ1) is 13.1. The van der Waals surface area contributed by atoms with E-state index in [0.29, 0.717) is 12.1 Å². The summed E-state index contributed by atoms with van der Waals surface area (Å²) in [7, 11) is 0. The summed E-state index contributed by atoms with van der Waals surface area (Å²) in [6, 6.07) is 11.5. The summed E-state index contributed by atoms with van der Waals surface area (Å²) in [4.78, 5) is 0. The molecule has 2 rings (SSSR count). The highest BCUT2D eigenvalue weighted by molar-refractivity contribution is 9.10. The first-order valence-corrected chi connectivity index (χ1v) is 6.33. The Morgan fingerprint density at radius 3 is 2.50 bits per heavy atom. The molecule has 1 unspecified atom stereocenters. The molecule has 0 bridgehead atoms. The van der Waals surface area contributed by atoms with Crippen LogP contribution in [0.15, 0.2) is 46.9 Å². The van der Waals surface area contributed by atoms with Gasteiger partial charge in [-0.15, -0.1) is 0 Å². The van der Waals surface area contributed by atoms with E-state index in [2.05, 4.69) is 15.9 Å². The Morgan fingerprint density at radius 1 is 1.17 bits per heavy atom. The van der Waals surface area contributed by atoms with E-state index in [1.807, 2.05) is 0 Å². The predicted molar refractivity (Wildman–Crippen MR) is 73.6 cm³/mol. The number of benzene rings is 2. The van der Waals surface area contributed by atoms with Gasteiger partial charge in [0.2, 0.25) is 0 Å². The van der Waals surface area contributed by atoms with Crippen LogP contribution in [-0.2, 0) is 6.42 Å². The summed E-state index contributed by atoms with van der Waals surface area (Å²) < 4.78 is 13.9. The van der Waals surface area contributed by atoms with Crippen molar-refractivity contribution in [2.45, 2.75) is 12.5 Å². The molecule has 2 nitrogen and oxygen atoms in total.